The molecule has 1 aliphatic rings. The number of para-hydroxylation sites is 2. The van der Waals surface area contributed by atoms with E-state index in [9.17, 15) is 9.59 Å². The molecular formula is C26H31N5O2. The first-order chi connectivity index (χ1) is 16.2. The van der Waals surface area contributed by atoms with Crippen LogP contribution in [0.2, 0.25) is 0 Å². The molecule has 7 nitrogen and oxygen atoms in total. The number of likely N-dealkylation sites (tertiary alicyclic amines) is 1. The van der Waals surface area contributed by atoms with Crippen LogP contribution in [-0.4, -0.2) is 51.1 Å². The van der Waals surface area contributed by atoms with Gasteiger partial charge >= 0.3 is 0 Å². The van der Waals surface area contributed by atoms with Crippen molar-refractivity contribution in [2.45, 2.75) is 39.0 Å². The van der Waals surface area contributed by atoms with Gasteiger partial charge in [-0.05, 0) is 49.9 Å². The standard InChI is InChI=1S/C26H31N5O2/c1-2-30(22-9-5-3-6-10-22)26(33)14-13-25(32)29-17-15-21(16-18-29)19-24-28-27-20-31(24)23-11-7-4-8-12-23/h3-12,20-21H,2,13-19H2,1H3. The molecule has 33 heavy (non-hydrogen) atoms. The molecule has 2 heterocycles. The summed E-state index contributed by atoms with van der Waals surface area (Å²) in [5.74, 6) is 1.48. The molecule has 1 aromatic heterocycles. The highest BCUT2D eigenvalue weighted by molar-refractivity contribution is 5.95. The topological polar surface area (TPSA) is 71.3 Å². The molecule has 4 rings (SSSR count). The Balaban J connectivity index is 1.25. The highest BCUT2D eigenvalue weighted by Crippen LogP contribution is 2.23. The van der Waals surface area contributed by atoms with Gasteiger partial charge in [-0.1, -0.05) is 36.4 Å². The lowest BCUT2D eigenvalue weighted by molar-refractivity contribution is -0.134. The molecule has 0 spiro atoms. The Morgan fingerprint density at radius 2 is 1.64 bits per heavy atom. The Bertz CT molecular complexity index is 1040. The molecule has 0 aliphatic carbocycles. The van der Waals surface area contributed by atoms with E-state index in [-0.39, 0.29) is 24.7 Å². The predicted molar refractivity (Wildman–Crippen MR) is 128 cm³/mol. The minimum atomic E-state index is -0.00724. The first kappa shape index (κ1) is 22.7. The lowest BCUT2D eigenvalue weighted by Gasteiger charge is -2.32. The number of carbonyl (C=O) groups is 2. The first-order valence-electron chi connectivity index (χ1n) is 11.7. The SMILES string of the molecule is CCN(C(=O)CCC(=O)N1CCC(Cc2nncn2-c2ccccc2)CC1)c1ccccc1. The van der Waals surface area contributed by atoms with E-state index in [0.717, 1.165) is 49.6 Å². The second-order valence-electron chi connectivity index (χ2n) is 8.45. The zero-order valence-electron chi connectivity index (χ0n) is 19.1. The van der Waals surface area contributed by atoms with Crippen LogP contribution in [-0.2, 0) is 16.0 Å². The van der Waals surface area contributed by atoms with Crippen molar-refractivity contribution in [1.29, 1.82) is 0 Å². The van der Waals surface area contributed by atoms with Crippen molar-refractivity contribution in [3.8, 4) is 5.69 Å². The molecule has 1 saturated heterocycles. The minimum absolute atomic E-state index is 0.00724. The zero-order valence-corrected chi connectivity index (χ0v) is 19.1. The van der Waals surface area contributed by atoms with Crippen LogP contribution in [0.5, 0.6) is 0 Å². The van der Waals surface area contributed by atoms with Crippen LogP contribution in [0.3, 0.4) is 0 Å². The summed E-state index contributed by atoms with van der Waals surface area (Å²) >= 11 is 0. The third-order valence-corrected chi connectivity index (χ3v) is 6.33. The molecule has 0 unspecified atom stereocenters. The van der Waals surface area contributed by atoms with Gasteiger partial charge in [-0.3, -0.25) is 14.2 Å². The molecule has 0 saturated carbocycles. The number of benzene rings is 2. The maximum atomic E-state index is 12.7. The van der Waals surface area contributed by atoms with Crippen molar-refractivity contribution in [1.82, 2.24) is 19.7 Å². The van der Waals surface area contributed by atoms with Gasteiger partial charge in [0.1, 0.15) is 12.2 Å². The maximum absolute atomic E-state index is 12.7. The molecule has 3 aromatic rings. The Kier molecular flexibility index (Phi) is 7.50. The van der Waals surface area contributed by atoms with E-state index in [1.165, 1.54) is 0 Å². The maximum Gasteiger partial charge on any atom is 0.227 e. The summed E-state index contributed by atoms with van der Waals surface area (Å²) in [6.07, 6.45) is 4.98. The van der Waals surface area contributed by atoms with Gasteiger partial charge in [-0.15, -0.1) is 10.2 Å². The van der Waals surface area contributed by atoms with Crippen LogP contribution >= 0.6 is 0 Å². The van der Waals surface area contributed by atoms with Gasteiger partial charge in [-0.2, -0.15) is 0 Å². The smallest absolute Gasteiger partial charge is 0.227 e. The number of amides is 2. The number of nitrogens with zero attached hydrogens (tertiary/aromatic N) is 5. The fourth-order valence-corrected chi connectivity index (χ4v) is 4.46. The Morgan fingerprint density at radius 1 is 0.970 bits per heavy atom. The van der Waals surface area contributed by atoms with Gasteiger partial charge in [0.15, 0.2) is 0 Å². The summed E-state index contributed by atoms with van der Waals surface area (Å²) in [6.45, 7) is 4.01. The van der Waals surface area contributed by atoms with Crippen molar-refractivity contribution in [3.05, 3.63) is 72.8 Å². The second kappa shape index (κ2) is 10.9. The normalized spacial score (nSPS) is 14.3. The quantitative estimate of drug-likeness (QED) is 0.528. The Hall–Kier alpha value is -3.48. The highest BCUT2D eigenvalue weighted by atomic mass is 16.2. The summed E-state index contributed by atoms with van der Waals surface area (Å²) in [4.78, 5) is 29.1. The van der Waals surface area contributed by atoms with E-state index in [1.807, 2.05) is 77.1 Å². The number of aromatic nitrogens is 3. The lowest BCUT2D eigenvalue weighted by atomic mass is 9.93. The van der Waals surface area contributed by atoms with E-state index in [1.54, 1.807) is 11.2 Å². The summed E-state index contributed by atoms with van der Waals surface area (Å²) < 4.78 is 2.04. The predicted octanol–water partition coefficient (Wildman–Crippen LogP) is 3.88. The van der Waals surface area contributed by atoms with Crippen LogP contribution in [0, 0.1) is 5.92 Å². The van der Waals surface area contributed by atoms with Crippen molar-refractivity contribution in [2.24, 2.45) is 5.92 Å². The molecule has 1 aliphatic heterocycles. The van der Waals surface area contributed by atoms with Crippen LogP contribution in [0.25, 0.3) is 5.69 Å². The van der Waals surface area contributed by atoms with Crippen molar-refractivity contribution < 1.29 is 9.59 Å². The van der Waals surface area contributed by atoms with E-state index in [0.29, 0.717) is 12.5 Å². The average molecular weight is 446 g/mol. The van der Waals surface area contributed by atoms with E-state index in [4.69, 9.17) is 0 Å². The summed E-state index contributed by atoms with van der Waals surface area (Å²) in [7, 11) is 0. The number of rotatable bonds is 8. The monoisotopic (exact) mass is 445 g/mol. The van der Waals surface area contributed by atoms with Gasteiger partial charge in [0.25, 0.3) is 0 Å². The summed E-state index contributed by atoms with van der Waals surface area (Å²) in [6, 6.07) is 19.7. The molecule has 2 aromatic carbocycles. The van der Waals surface area contributed by atoms with E-state index < -0.39 is 0 Å². The lowest BCUT2D eigenvalue weighted by Crippen LogP contribution is -2.40. The van der Waals surface area contributed by atoms with Crippen LogP contribution < -0.4 is 4.90 Å². The number of piperidine rings is 1. The zero-order chi connectivity index (χ0) is 23.0. The molecule has 7 heteroatoms. The van der Waals surface area contributed by atoms with Crippen LogP contribution in [0.15, 0.2) is 67.0 Å². The third kappa shape index (κ3) is 5.66. The fraction of sp³-hybridized carbons (Fsp3) is 0.385. The number of hydrogen-bond donors (Lipinski definition) is 0. The van der Waals surface area contributed by atoms with E-state index >= 15 is 0 Å². The van der Waals surface area contributed by atoms with Gasteiger partial charge in [0.2, 0.25) is 11.8 Å². The number of hydrogen-bond acceptors (Lipinski definition) is 4. The van der Waals surface area contributed by atoms with Gasteiger partial charge in [-0.25, -0.2) is 0 Å². The second-order valence-corrected chi connectivity index (χ2v) is 8.45. The number of anilines is 1. The van der Waals surface area contributed by atoms with Gasteiger partial charge < -0.3 is 9.80 Å². The molecule has 0 atom stereocenters. The third-order valence-electron chi connectivity index (χ3n) is 6.33. The van der Waals surface area contributed by atoms with Crippen molar-refractivity contribution in [2.75, 3.05) is 24.5 Å². The molecule has 172 valence electrons. The van der Waals surface area contributed by atoms with Crippen molar-refractivity contribution >= 4 is 17.5 Å². The van der Waals surface area contributed by atoms with Crippen molar-refractivity contribution in [3.63, 3.8) is 0 Å². The largest absolute Gasteiger partial charge is 0.343 e. The molecule has 0 bridgehead atoms. The molecular weight excluding hydrogens is 414 g/mol. The summed E-state index contributed by atoms with van der Waals surface area (Å²) in [5.41, 5.74) is 1.94. The van der Waals surface area contributed by atoms with Crippen LogP contribution in [0.4, 0.5) is 5.69 Å². The molecule has 0 radical (unpaired) electrons. The van der Waals surface area contributed by atoms with Crippen LogP contribution in [0.1, 0.15) is 38.4 Å². The Labute approximate surface area is 195 Å². The van der Waals surface area contributed by atoms with Gasteiger partial charge in [0.05, 0.1) is 0 Å². The van der Waals surface area contributed by atoms with E-state index in [2.05, 4.69) is 10.2 Å². The first-order valence-corrected chi connectivity index (χ1v) is 11.7. The minimum Gasteiger partial charge on any atom is -0.343 e. The number of carbonyl (C=O) groups excluding carboxylic acids is 2. The summed E-state index contributed by atoms with van der Waals surface area (Å²) in [5, 5.41) is 8.43. The molecule has 0 N–H and O–H groups in total. The average Bonchev–Trinajstić information content (AvgIpc) is 3.33. The Morgan fingerprint density at radius 3 is 2.30 bits per heavy atom. The fourth-order valence-electron chi connectivity index (χ4n) is 4.46. The molecule has 1 fully saturated rings. The van der Waals surface area contributed by atoms with Gasteiger partial charge in [0, 0.05) is 50.3 Å². The highest BCUT2D eigenvalue weighted by Gasteiger charge is 2.25. The molecule has 2 amide bonds.